The predicted octanol–water partition coefficient (Wildman–Crippen LogP) is 4.82. The van der Waals surface area contributed by atoms with Crippen LogP contribution in [0.25, 0.3) is 0 Å². The molecule has 0 fully saturated rings. The fourth-order valence-corrected chi connectivity index (χ4v) is 5.32. The third kappa shape index (κ3) is 4.79. The Balaban J connectivity index is 1.78. The first-order chi connectivity index (χ1) is 13.4. The van der Waals surface area contributed by atoms with Gasteiger partial charge in [-0.15, -0.1) is 11.3 Å². The maximum atomic E-state index is 12.7. The van der Waals surface area contributed by atoms with Gasteiger partial charge in [0.05, 0.1) is 16.2 Å². The topological polar surface area (TPSA) is 76.1 Å². The van der Waals surface area contributed by atoms with Crippen LogP contribution in [0.3, 0.4) is 0 Å². The van der Waals surface area contributed by atoms with E-state index in [1.165, 1.54) is 23.5 Å². The van der Waals surface area contributed by atoms with Gasteiger partial charge in [0.15, 0.2) is 15.0 Å². The summed E-state index contributed by atoms with van der Waals surface area (Å²) in [7, 11) is -3.51. The van der Waals surface area contributed by atoms with Crippen LogP contribution < -0.4 is 5.32 Å². The van der Waals surface area contributed by atoms with Gasteiger partial charge in [-0.05, 0) is 30.2 Å². The number of halogens is 1. The monoisotopic (exact) mass is 434 g/mol. The van der Waals surface area contributed by atoms with Crippen molar-refractivity contribution in [1.82, 2.24) is 4.98 Å². The zero-order chi connectivity index (χ0) is 20.1. The molecule has 1 amide bonds. The Morgan fingerprint density at radius 3 is 2.61 bits per heavy atom. The van der Waals surface area contributed by atoms with E-state index in [2.05, 4.69) is 10.3 Å². The number of rotatable bonds is 7. The van der Waals surface area contributed by atoms with E-state index in [4.69, 9.17) is 11.6 Å². The lowest BCUT2D eigenvalue weighted by Gasteiger charge is -2.09. The number of aromatic nitrogens is 1. The number of sulfone groups is 1. The first-order valence-corrected chi connectivity index (χ1v) is 11.6. The summed E-state index contributed by atoms with van der Waals surface area (Å²) in [6.45, 7) is 1.79. The molecule has 146 valence electrons. The average molecular weight is 435 g/mol. The fraction of sp³-hybridized carbons (Fsp3) is 0.200. The second-order valence-corrected chi connectivity index (χ2v) is 9.77. The van der Waals surface area contributed by atoms with Crippen molar-refractivity contribution in [2.24, 2.45) is 0 Å². The standard InChI is InChI=1S/C20H19ClN2O3S2/c1-2-11-28(25,26)18-10-6-4-8-16(18)19(24)23-20-22-13-15(27-20)12-14-7-3-5-9-17(14)21/h3-10,13H,2,11-12H2,1H3,(H,22,23,24). The lowest BCUT2D eigenvalue weighted by atomic mass is 10.1. The van der Waals surface area contributed by atoms with Gasteiger partial charge in [0, 0.05) is 22.5 Å². The third-order valence-corrected chi connectivity index (χ3v) is 7.29. The van der Waals surface area contributed by atoms with E-state index in [9.17, 15) is 13.2 Å². The van der Waals surface area contributed by atoms with Gasteiger partial charge in [0.2, 0.25) is 0 Å². The number of carbonyl (C=O) groups excluding carboxylic acids is 1. The lowest BCUT2D eigenvalue weighted by Crippen LogP contribution is -2.17. The number of nitrogens with zero attached hydrogens (tertiary/aromatic N) is 1. The second kappa shape index (κ2) is 8.86. The van der Waals surface area contributed by atoms with E-state index < -0.39 is 15.7 Å². The number of amides is 1. The highest BCUT2D eigenvalue weighted by molar-refractivity contribution is 7.91. The van der Waals surface area contributed by atoms with Crippen LogP contribution in [0.4, 0.5) is 5.13 Å². The summed E-state index contributed by atoms with van der Waals surface area (Å²) in [4.78, 5) is 17.9. The molecular formula is C20H19ClN2O3S2. The molecule has 1 heterocycles. The highest BCUT2D eigenvalue weighted by atomic mass is 35.5. The maximum Gasteiger partial charge on any atom is 0.258 e. The Labute approximate surface area is 173 Å². The summed E-state index contributed by atoms with van der Waals surface area (Å²) in [5.41, 5.74) is 1.10. The molecule has 0 unspecified atom stereocenters. The molecule has 2 aromatic carbocycles. The van der Waals surface area contributed by atoms with E-state index in [-0.39, 0.29) is 16.2 Å². The molecule has 0 radical (unpaired) electrons. The molecular weight excluding hydrogens is 416 g/mol. The molecule has 0 atom stereocenters. The summed E-state index contributed by atoms with van der Waals surface area (Å²) in [5, 5.41) is 3.79. The molecule has 0 aliphatic heterocycles. The van der Waals surface area contributed by atoms with Crippen LogP contribution in [-0.2, 0) is 16.3 Å². The van der Waals surface area contributed by atoms with Gasteiger partial charge in [-0.1, -0.05) is 48.9 Å². The molecule has 0 aliphatic rings. The number of carbonyl (C=O) groups is 1. The molecule has 0 saturated heterocycles. The predicted molar refractivity (Wildman–Crippen MR) is 113 cm³/mol. The summed E-state index contributed by atoms with van der Waals surface area (Å²) < 4.78 is 24.9. The van der Waals surface area contributed by atoms with Crippen LogP contribution in [0.1, 0.15) is 34.1 Å². The molecule has 0 spiro atoms. The molecule has 0 bridgehead atoms. The van der Waals surface area contributed by atoms with E-state index >= 15 is 0 Å². The lowest BCUT2D eigenvalue weighted by molar-refractivity contribution is 0.102. The highest BCUT2D eigenvalue weighted by Gasteiger charge is 2.22. The van der Waals surface area contributed by atoms with Crippen molar-refractivity contribution in [3.63, 3.8) is 0 Å². The minimum absolute atomic E-state index is 0.00344. The molecule has 8 heteroatoms. The Hall–Kier alpha value is -2.22. The summed E-state index contributed by atoms with van der Waals surface area (Å²) in [6, 6.07) is 13.8. The average Bonchev–Trinajstić information content (AvgIpc) is 3.10. The molecule has 0 saturated carbocycles. The highest BCUT2D eigenvalue weighted by Crippen LogP contribution is 2.26. The first kappa shape index (κ1) is 20.5. The van der Waals surface area contributed by atoms with Gasteiger partial charge in [0.1, 0.15) is 0 Å². The minimum Gasteiger partial charge on any atom is -0.298 e. The molecule has 1 N–H and O–H groups in total. The molecule has 3 rings (SSSR count). The quantitative estimate of drug-likeness (QED) is 0.578. The van der Waals surface area contributed by atoms with Crippen molar-refractivity contribution in [3.8, 4) is 0 Å². The van der Waals surface area contributed by atoms with Crippen molar-refractivity contribution in [2.45, 2.75) is 24.7 Å². The van der Waals surface area contributed by atoms with Crippen LogP contribution in [-0.4, -0.2) is 25.1 Å². The van der Waals surface area contributed by atoms with Crippen LogP contribution in [0, 0.1) is 0 Å². The maximum absolute atomic E-state index is 12.7. The molecule has 5 nitrogen and oxygen atoms in total. The van der Waals surface area contributed by atoms with Gasteiger partial charge in [-0.25, -0.2) is 13.4 Å². The Kier molecular flexibility index (Phi) is 6.49. The number of benzene rings is 2. The van der Waals surface area contributed by atoms with Crippen LogP contribution in [0.15, 0.2) is 59.6 Å². The number of hydrogen-bond donors (Lipinski definition) is 1. The number of nitrogens with one attached hydrogen (secondary N) is 1. The van der Waals surface area contributed by atoms with E-state index in [0.717, 1.165) is 10.4 Å². The summed E-state index contributed by atoms with van der Waals surface area (Å²) in [6.07, 6.45) is 2.77. The molecule has 1 aromatic heterocycles. The number of hydrogen-bond acceptors (Lipinski definition) is 5. The minimum atomic E-state index is -3.51. The zero-order valence-electron chi connectivity index (χ0n) is 15.2. The van der Waals surface area contributed by atoms with Crippen molar-refractivity contribution in [3.05, 3.63) is 75.8 Å². The second-order valence-electron chi connectivity index (χ2n) is 6.17. The van der Waals surface area contributed by atoms with Crippen LogP contribution in [0.2, 0.25) is 5.02 Å². The van der Waals surface area contributed by atoms with Crippen molar-refractivity contribution in [2.75, 3.05) is 11.1 Å². The van der Waals surface area contributed by atoms with Gasteiger partial charge >= 0.3 is 0 Å². The van der Waals surface area contributed by atoms with Gasteiger partial charge in [0.25, 0.3) is 5.91 Å². The fourth-order valence-electron chi connectivity index (χ4n) is 2.75. The third-order valence-electron chi connectivity index (χ3n) is 4.04. The van der Waals surface area contributed by atoms with Crippen molar-refractivity contribution in [1.29, 1.82) is 0 Å². The Bertz CT molecular complexity index is 1090. The molecule has 0 aliphatic carbocycles. The first-order valence-electron chi connectivity index (χ1n) is 8.72. The van der Waals surface area contributed by atoms with Crippen LogP contribution >= 0.6 is 22.9 Å². The summed E-state index contributed by atoms with van der Waals surface area (Å²) >= 11 is 7.52. The zero-order valence-corrected chi connectivity index (χ0v) is 17.6. The van der Waals surface area contributed by atoms with E-state index in [0.29, 0.717) is 23.0 Å². The Morgan fingerprint density at radius 1 is 1.14 bits per heavy atom. The van der Waals surface area contributed by atoms with Crippen molar-refractivity contribution < 1.29 is 13.2 Å². The number of anilines is 1. The van der Waals surface area contributed by atoms with E-state index in [1.54, 1.807) is 25.3 Å². The van der Waals surface area contributed by atoms with E-state index in [1.807, 2.05) is 24.3 Å². The SMILES string of the molecule is CCCS(=O)(=O)c1ccccc1C(=O)Nc1ncc(Cc2ccccc2Cl)s1. The molecule has 28 heavy (non-hydrogen) atoms. The van der Waals surface area contributed by atoms with Gasteiger partial charge in [-0.3, -0.25) is 10.1 Å². The smallest absolute Gasteiger partial charge is 0.258 e. The number of thiazole rings is 1. The van der Waals surface area contributed by atoms with Crippen molar-refractivity contribution >= 4 is 43.8 Å². The van der Waals surface area contributed by atoms with Gasteiger partial charge < -0.3 is 0 Å². The Morgan fingerprint density at radius 2 is 1.86 bits per heavy atom. The van der Waals surface area contributed by atoms with Gasteiger partial charge in [-0.2, -0.15) is 0 Å². The normalized spacial score (nSPS) is 11.4. The largest absolute Gasteiger partial charge is 0.298 e. The summed E-state index contributed by atoms with van der Waals surface area (Å²) in [5.74, 6) is -0.495. The molecule has 3 aromatic rings. The van der Waals surface area contributed by atoms with Crippen LogP contribution in [0.5, 0.6) is 0 Å².